The highest BCUT2D eigenvalue weighted by Crippen LogP contribution is 2.20. The second-order valence-electron chi connectivity index (χ2n) is 4.53. The fourth-order valence-electron chi connectivity index (χ4n) is 1.81. The van der Waals surface area contributed by atoms with Crippen molar-refractivity contribution in [3.05, 3.63) is 64.5 Å². The van der Waals surface area contributed by atoms with Crippen molar-refractivity contribution in [1.29, 1.82) is 0 Å². The normalized spacial score (nSPS) is 10.0. The van der Waals surface area contributed by atoms with Crippen molar-refractivity contribution in [3.63, 3.8) is 0 Å². The van der Waals surface area contributed by atoms with Gasteiger partial charge in [-0.1, -0.05) is 18.2 Å². The van der Waals surface area contributed by atoms with Crippen LogP contribution in [-0.2, 0) is 6.54 Å². The van der Waals surface area contributed by atoms with Crippen molar-refractivity contribution in [2.45, 2.75) is 6.54 Å². The quantitative estimate of drug-likeness (QED) is 0.635. The van der Waals surface area contributed by atoms with Crippen molar-refractivity contribution in [2.75, 3.05) is 0 Å². The summed E-state index contributed by atoms with van der Waals surface area (Å²) in [7, 11) is 0. The molecule has 2 heterocycles. The van der Waals surface area contributed by atoms with E-state index in [-0.39, 0.29) is 11.4 Å². The number of carboxylic acid groups (broad SMARTS) is 1. The zero-order chi connectivity index (χ0) is 16.8. The summed E-state index contributed by atoms with van der Waals surface area (Å²) in [5.41, 5.74) is 6.72. The zero-order valence-electron chi connectivity index (χ0n) is 12.0. The van der Waals surface area contributed by atoms with Crippen LogP contribution in [0.4, 0.5) is 0 Å². The van der Waals surface area contributed by atoms with Gasteiger partial charge in [-0.15, -0.1) is 0 Å². The summed E-state index contributed by atoms with van der Waals surface area (Å²) in [6.45, 7) is 0.396. The van der Waals surface area contributed by atoms with Crippen molar-refractivity contribution in [3.8, 4) is 5.75 Å². The van der Waals surface area contributed by atoms with E-state index in [1.807, 2.05) is 6.07 Å². The van der Waals surface area contributed by atoms with E-state index in [1.165, 1.54) is 6.07 Å². The van der Waals surface area contributed by atoms with Gasteiger partial charge in [-0.2, -0.15) is 0 Å². The molecule has 0 bridgehead atoms. The van der Waals surface area contributed by atoms with Crippen LogP contribution in [0.15, 0.2) is 53.3 Å². The molecule has 7 heteroatoms. The minimum absolute atomic E-state index is 0.0319. The maximum atomic E-state index is 10.7. The van der Waals surface area contributed by atoms with E-state index in [0.29, 0.717) is 16.5 Å². The molecule has 118 valence electrons. The number of hydrogen-bond acceptors (Lipinski definition) is 5. The van der Waals surface area contributed by atoms with Crippen molar-refractivity contribution >= 4 is 32.8 Å². The van der Waals surface area contributed by atoms with E-state index in [2.05, 4.69) is 25.9 Å². The van der Waals surface area contributed by atoms with Gasteiger partial charge in [-0.25, -0.2) is 9.78 Å². The van der Waals surface area contributed by atoms with E-state index in [0.717, 1.165) is 10.9 Å². The lowest BCUT2D eigenvalue weighted by molar-refractivity contribution is 0.0691. The number of benzene rings is 1. The van der Waals surface area contributed by atoms with Crippen LogP contribution in [0.3, 0.4) is 0 Å². The molecule has 0 amide bonds. The lowest BCUT2D eigenvalue weighted by Crippen LogP contribution is -2.00. The SMILES string of the molecule is NCc1ccccc1O.O=C(O)c1ccc2cncc(Br)c2n1. The van der Waals surface area contributed by atoms with Gasteiger partial charge in [0.2, 0.25) is 0 Å². The first-order valence-corrected chi connectivity index (χ1v) is 7.42. The number of phenols is 1. The highest BCUT2D eigenvalue weighted by molar-refractivity contribution is 9.10. The average molecular weight is 376 g/mol. The van der Waals surface area contributed by atoms with Gasteiger partial charge in [-0.3, -0.25) is 4.98 Å². The number of aromatic nitrogens is 2. The Hall–Kier alpha value is -2.51. The minimum Gasteiger partial charge on any atom is -0.508 e. The topological polar surface area (TPSA) is 109 Å². The number of phenolic OH excluding ortho intramolecular Hbond substituents is 1. The van der Waals surface area contributed by atoms with Crippen molar-refractivity contribution in [2.24, 2.45) is 5.73 Å². The van der Waals surface area contributed by atoms with Crippen LogP contribution in [-0.4, -0.2) is 26.2 Å². The van der Waals surface area contributed by atoms with Gasteiger partial charge in [0.25, 0.3) is 0 Å². The number of aromatic carboxylic acids is 1. The number of fused-ring (bicyclic) bond motifs is 1. The van der Waals surface area contributed by atoms with Crippen LogP contribution in [0.1, 0.15) is 16.1 Å². The monoisotopic (exact) mass is 375 g/mol. The Kier molecular flexibility index (Phi) is 5.61. The van der Waals surface area contributed by atoms with Gasteiger partial charge in [-0.05, 0) is 34.1 Å². The maximum Gasteiger partial charge on any atom is 0.354 e. The van der Waals surface area contributed by atoms with Crippen molar-refractivity contribution < 1.29 is 15.0 Å². The molecule has 3 rings (SSSR count). The van der Waals surface area contributed by atoms with Crippen molar-refractivity contribution in [1.82, 2.24) is 9.97 Å². The molecule has 6 nitrogen and oxygen atoms in total. The highest BCUT2D eigenvalue weighted by Gasteiger charge is 2.07. The second kappa shape index (κ2) is 7.66. The van der Waals surface area contributed by atoms with Crippen LogP contribution < -0.4 is 5.73 Å². The number of nitrogens with zero attached hydrogens (tertiary/aromatic N) is 2. The van der Waals surface area contributed by atoms with E-state index in [9.17, 15) is 4.79 Å². The van der Waals surface area contributed by atoms with E-state index < -0.39 is 5.97 Å². The predicted octanol–water partition coefficient (Wildman–Crippen LogP) is 2.94. The molecule has 0 saturated heterocycles. The molecule has 0 aliphatic heterocycles. The molecular formula is C16H14BrN3O3. The number of aromatic hydroxyl groups is 1. The molecule has 2 aromatic heterocycles. The van der Waals surface area contributed by atoms with Crippen LogP contribution in [0.5, 0.6) is 5.75 Å². The number of hydrogen-bond donors (Lipinski definition) is 3. The summed E-state index contributed by atoms with van der Waals surface area (Å²) in [5.74, 6) is -0.754. The molecular weight excluding hydrogens is 362 g/mol. The third kappa shape index (κ3) is 4.24. The van der Waals surface area contributed by atoms with Crippen LogP contribution in [0.25, 0.3) is 10.9 Å². The summed E-state index contributed by atoms with van der Waals surface area (Å²) < 4.78 is 0.693. The first-order valence-electron chi connectivity index (χ1n) is 6.63. The fraction of sp³-hybridized carbons (Fsp3) is 0.0625. The molecule has 0 atom stereocenters. The minimum atomic E-state index is -1.03. The molecule has 0 spiro atoms. The Morgan fingerprint density at radius 1 is 1.17 bits per heavy atom. The number of pyridine rings is 2. The summed E-state index contributed by atoms with van der Waals surface area (Å²) >= 11 is 3.26. The van der Waals surface area contributed by atoms with E-state index in [4.69, 9.17) is 15.9 Å². The third-order valence-corrected chi connectivity index (χ3v) is 3.57. The molecule has 0 unspecified atom stereocenters. The number of carboxylic acids is 1. The Labute approximate surface area is 140 Å². The second-order valence-corrected chi connectivity index (χ2v) is 5.38. The number of carbonyl (C=O) groups is 1. The molecule has 4 N–H and O–H groups in total. The number of nitrogens with two attached hydrogens (primary N) is 1. The first-order chi connectivity index (χ1) is 11.0. The predicted molar refractivity (Wildman–Crippen MR) is 90.2 cm³/mol. The van der Waals surface area contributed by atoms with E-state index >= 15 is 0 Å². The molecule has 1 aromatic carbocycles. The van der Waals surface area contributed by atoms with Gasteiger partial charge < -0.3 is 15.9 Å². The summed E-state index contributed by atoms with van der Waals surface area (Å²) in [6.07, 6.45) is 3.22. The van der Waals surface area contributed by atoms with Gasteiger partial charge in [0.1, 0.15) is 11.4 Å². The molecule has 0 aliphatic rings. The lowest BCUT2D eigenvalue weighted by atomic mass is 10.2. The molecule has 0 aliphatic carbocycles. The lowest BCUT2D eigenvalue weighted by Gasteiger charge is -1.99. The van der Waals surface area contributed by atoms with Gasteiger partial charge in [0.15, 0.2) is 0 Å². The van der Waals surface area contributed by atoms with E-state index in [1.54, 1.807) is 36.7 Å². The molecule has 23 heavy (non-hydrogen) atoms. The number of halogens is 1. The maximum absolute atomic E-state index is 10.7. The Bertz CT molecular complexity index is 840. The summed E-state index contributed by atoms with van der Waals surface area (Å²) in [6, 6.07) is 10.2. The number of para-hydroxylation sites is 1. The molecule has 0 fully saturated rings. The Morgan fingerprint density at radius 3 is 2.52 bits per heavy atom. The molecule has 0 radical (unpaired) electrons. The standard InChI is InChI=1S/C9H5BrN2O2.C7H9NO/c10-6-4-11-3-5-1-2-7(9(13)14)12-8(5)6;8-5-6-3-1-2-4-7(6)9/h1-4H,(H,13,14);1-4,9H,5,8H2. The van der Waals surface area contributed by atoms with Gasteiger partial charge >= 0.3 is 5.97 Å². The van der Waals surface area contributed by atoms with Gasteiger partial charge in [0.05, 0.1) is 9.99 Å². The van der Waals surface area contributed by atoms with Gasteiger partial charge in [0, 0.05) is 29.9 Å². The zero-order valence-corrected chi connectivity index (χ0v) is 13.6. The molecule has 0 saturated carbocycles. The summed E-state index contributed by atoms with van der Waals surface area (Å²) in [5, 5.41) is 18.6. The average Bonchev–Trinajstić information content (AvgIpc) is 2.56. The van der Waals surface area contributed by atoms with Crippen LogP contribution in [0, 0.1) is 0 Å². The highest BCUT2D eigenvalue weighted by atomic mass is 79.9. The smallest absolute Gasteiger partial charge is 0.354 e. The molecule has 3 aromatic rings. The largest absolute Gasteiger partial charge is 0.508 e. The first kappa shape index (κ1) is 16.9. The number of rotatable bonds is 2. The Morgan fingerprint density at radius 2 is 1.91 bits per heavy atom. The van der Waals surface area contributed by atoms with Crippen LogP contribution >= 0.6 is 15.9 Å². The third-order valence-electron chi connectivity index (χ3n) is 2.98. The Balaban J connectivity index is 0.000000185. The fourth-order valence-corrected chi connectivity index (χ4v) is 2.25. The summed E-state index contributed by atoms with van der Waals surface area (Å²) in [4.78, 5) is 18.6. The van der Waals surface area contributed by atoms with Crippen LogP contribution in [0.2, 0.25) is 0 Å².